The first kappa shape index (κ1) is 19.1. The quantitative estimate of drug-likeness (QED) is 0.549. The van der Waals surface area contributed by atoms with Crippen molar-refractivity contribution in [2.24, 2.45) is 0 Å². The molecule has 7 heteroatoms. The van der Waals surface area contributed by atoms with Gasteiger partial charge < -0.3 is 20.0 Å². The lowest BCUT2D eigenvalue weighted by Gasteiger charge is -2.35. The topological polar surface area (TPSA) is 95.2 Å². The highest BCUT2D eigenvalue weighted by molar-refractivity contribution is 5.85. The molecule has 1 saturated heterocycles. The second-order valence-electron chi connectivity index (χ2n) is 7.72. The maximum absolute atomic E-state index is 9.72. The lowest BCUT2D eigenvalue weighted by atomic mass is 10.1. The summed E-state index contributed by atoms with van der Waals surface area (Å²) in [4.78, 5) is 13.9. The number of nitrogens with zero attached hydrogens (tertiary/aromatic N) is 5. The minimum Gasteiger partial charge on any atom is -0.454 e. The summed E-state index contributed by atoms with van der Waals surface area (Å²) in [5.41, 5.74) is 9.54. The lowest BCUT2D eigenvalue weighted by Crippen LogP contribution is -2.44. The van der Waals surface area contributed by atoms with Crippen molar-refractivity contribution in [3.8, 4) is 28.9 Å². The number of para-hydroxylation sites is 2. The molecule has 0 aliphatic carbocycles. The Hall–Kier alpha value is -3.89. The third kappa shape index (κ3) is 3.47. The van der Waals surface area contributed by atoms with Gasteiger partial charge in [0.05, 0.1) is 0 Å². The van der Waals surface area contributed by atoms with E-state index in [1.807, 2.05) is 48.5 Å². The van der Waals surface area contributed by atoms with Gasteiger partial charge in [-0.3, -0.25) is 0 Å². The van der Waals surface area contributed by atoms with E-state index in [0.29, 0.717) is 17.3 Å². The Morgan fingerprint density at radius 2 is 1.74 bits per heavy atom. The van der Waals surface area contributed by atoms with Crippen molar-refractivity contribution in [1.29, 1.82) is 5.26 Å². The van der Waals surface area contributed by atoms with Gasteiger partial charge in [0.25, 0.3) is 0 Å². The van der Waals surface area contributed by atoms with Crippen molar-refractivity contribution in [2.75, 3.05) is 43.9 Å². The van der Waals surface area contributed by atoms with Crippen LogP contribution in [0.2, 0.25) is 0 Å². The van der Waals surface area contributed by atoms with Crippen LogP contribution in [0.3, 0.4) is 0 Å². The normalized spacial score (nSPS) is 14.6. The summed E-state index contributed by atoms with van der Waals surface area (Å²) in [5, 5.41) is 10.7. The highest BCUT2D eigenvalue weighted by atomic mass is 16.3. The number of nitrogen functional groups attached to an aromatic ring is 1. The number of likely N-dealkylation sites (N-methyl/N-ethyl adjacent to an activating group) is 1. The summed E-state index contributed by atoms with van der Waals surface area (Å²) in [5.74, 6) is 1.14. The molecule has 0 bridgehead atoms. The van der Waals surface area contributed by atoms with Gasteiger partial charge >= 0.3 is 0 Å². The molecule has 3 heterocycles. The van der Waals surface area contributed by atoms with E-state index >= 15 is 0 Å². The van der Waals surface area contributed by atoms with Gasteiger partial charge in [-0.2, -0.15) is 5.26 Å². The first-order valence-corrected chi connectivity index (χ1v) is 10.2. The predicted octanol–water partition coefficient (Wildman–Crippen LogP) is 3.76. The van der Waals surface area contributed by atoms with E-state index in [1.165, 1.54) is 0 Å². The van der Waals surface area contributed by atoms with Crippen LogP contribution in [-0.2, 0) is 0 Å². The van der Waals surface area contributed by atoms with Gasteiger partial charge in [0.1, 0.15) is 28.7 Å². The van der Waals surface area contributed by atoms with Gasteiger partial charge in [-0.25, -0.2) is 9.97 Å². The van der Waals surface area contributed by atoms with E-state index in [4.69, 9.17) is 15.1 Å². The number of hydrogen-bond donors (Lipinski definition) is 1. The fourth-order valence-electron chi connectivity index (χ4n) is 3.97. The average molecular weight is 410 g/mol. The van der Waals surface area contributed by atoms with Crippen LogP contribution in [0.15, 0.2) is 59.0 Å². The number of rotatable bonds is 3. The van der Waals surface area contributed by atoms with E-state index in [0.717, 1.165) is 48.4 Å². The fourth-order valence-corrected chi connectivity index (χ4v) is 3.97. The molecule has 1 fully saturated rings. The summed E-state index contributed by atoms with van der Waals surface area (Å²) in [6, 6.07) is 19.8. The van der Waals surface area contributed by atoms with Gasteiger partial charge in [-0.15, -0.1) is 0 Å². The molecular formula is C24H22N6O. The molecule has 0 amide bonds. The zero-order valence-electron chi connectivity index (χ0n) is 17.2. The molecule has 0 saturated carbocycles. The summed E-state index contributed by atoms with van der Waals surface area (Å²) < 4.78 is 5.99. The molecule has 7 nitrogen and oxygen atoms in total. The zero-order chi connectivity index (χ0) is 21.4. The van der Waals surface area contributed by atoms with E-state index in [1.54, 1.807) is 0 Å². The molecular weight excluding hydrogens is 388 g/mol. The summed E-state index contributed by atoms with van der Waals surface area (Å²) in [7, 11) is 2.13. The third-order valence-corrected chi connectivity index (χ3v) is 5.70. The van der Waals surface area contributed by atoms with Crippen molar-refractivity contribution in [1.82, 2.24) is 14.9 Å². The SMILES string of the molecule is CN1CCN(c2ccccc2-c2nc(N)c(C#N)c(-c3cc4ccccc4o3)n2)CC1. The van der Waals surface area contributed by atoms with Crippen LogP contribution in [0.5, 0.6) is 0 Å². The minimum absolute atomic E-state index is 0.149. The molecule has 0 radical (unpaired) electrons. The Morgan fingerprint density at radius 1 is 1.00 bits per heavy atom. The molecule has 154 valence electrons. The van der Waals surface area contributed by atoms with E-state index < -0.39 is 0 Å². The number of aromatic nitrogens is 2. The van der Waals surface area contributed by atoms with E-state index in [-0.39, 0.29) is 11.4 Å². The monoisotopic (exact) mass is 410 g/mol. The van der Waals surface area contributed by atoms with Crippen LogP contribution in [0.4, 0.5) is 11.5 Å². The van der Waals surface area contributed by atoms with Crippen LogP contribution in [0, 0.1) is 11.3 Å². The molecule has 0 atom stereocenters. The Morgan fingerprint density at radius 3 is 2.52 bits per heavy atom. The first-order chi connectivity index (χ1) is 15.1. The number of nitriles is 1. The van der Waals surface area contributed by atoms with Crippen LogP contribution < -0.4 is 10.6 Å². The first-order valence-electron chi connectivity index (χ1n) is 10.2. The summed E-state index contributed by atoms with van der Waals surface area (Å²) in [6.45, 7) is 3.84. The van der Waals surface area contributed by atoms with Crippen LogP contribution >= 0.6 is 0 Å². The Bertz CT molecular complexity index is 1260. The molecule has 31 heavy (non-hydrogen) atoms. The van der Waals surface area contributed by atoms with Crippen molar-refractivity contribution >= 4 is 22.5 Å². The maximum Gasteiger partial charge on any atom is 0.164 e. The second kappa shape index (κ2) is 7.74. The average Bonchev–Trinajstić information content (AvgIpc) is 3.23. The van der Waals surface area contributed by atoms with E-state index in [9.17, 15) is 5.26 Å². The maximum atomic E-state index is 9.72. The molecule has 0 unspecified atom stereocenters. The third-order valence-electron chi connectivity index (χ3n) is 5.70. The van der Waals surface area contributed by atoms with Gasteiger partial charge in [0, 0.05) is 42.8 Å². The zero-order valence-corrected chi connectivity index (χ0v) is 17.2. The van der Waals surface area contributed by atoms with Crippen LogP contribution in [0.25, 0.3) is 33.8 Å². The fraction of sp³-hybridized carbons (Fsp3) is 0.208. The second-order valence-corrected chi connectivity index (χ2v) is 7.72. The number of hydrogen-bond acceptors (Lipinski definition) is 7. The van der Waals surface area contributed by atoms with Crippen LogP contribution in [0.1, 0.15) is 5.56 Å². The highest BCUT2D eigenvalue weighted by Gasteiger charge is 2.22. The Balaban J connectivity index is 1.64. The Kier molecular flexibility index (Phi) is 4.77. The number of fused-ring (bicyclic) bond motifs is 1. The Labute approximate surface area is 180 Å². The minimum atomic E-state index is 0.149. The molecule has 2 aromatic heterocycles. The van der Waals surface area contributed by atoms with Gasteiger partial charge in [0.15, 0.2) is 11.6 Å². The lowest BCUT2D eigenvalue weighted by molar-refractivity contribution is 0.313. The van der Waals surface area contributed by atoms with Crippen molar-refractivity contribution in [3.63, 3.8) is 0 Å². The molecule has 4 aromatic rings. The number of benzene rings is 2. The molecule has 1 aliphatic rings. The smallest absolute Gasteiger partial charge is 0.164 e. The number of piperazine rings is 1. The van der Waals surface area contributed by atoms with E-state index in [2.05, 4.69) is 34.0 Å². The van der Waals surface area contributed by atoms with Gasteiger partial charge in [-0.1, -0.05) is 30.3 Å². The summed E-state index contributed by atoms with van der Waals surface area (Å²) in [6.07, 6.45) is 0. The number of anilines is 2. The number of furan rings is 1. The largest absolute Gasteiger partial charge is 0.454 e. The highest BCUT2D eigenvalue weighted by Crippen LogP contribution is 2.35. The molecule has 1 aliphatic heterocycles. The molecule has 5 rings (SSSR count). The van der Waals surface area contributed by atoms with Crippen molar-refractivity contribution in [2.45, 2.75) is 0 Å². The molecule has 2 aromatic carbocycles. The van der Waals surface area contributed by atoms with Gasteiger partial charge in [0.2, 0.25) is 0 Å². The molecule has 0 spiro atoms. The van der Waals surface area contributed by atoms with Crippen molar-refractivity contribution < 1.29 is 4.42 Å². The standard InChI is InChI=1S/C24H22N6O/c1-29-10-12-30(13-11-29)19-8-4-3-7-17(19)24-27-22(18(15-25)23(26)28-24)21-14-16-6-2-5-9-20(16)31-21/h2-9,14H,10-13H2,1H3,(H2,26,27,28). The summed E-state index contributed by atoms with van der Waals surface area (Å²) >= 11 is 0. The predicted molar refractivity (Wildman–Crippen MR) is 122 cm³/mol. The molecule has 2 N–H and O–H groups in total. The van der Waals surface area contributed by atoms with Gasteiger partial charge in [-0.05, 0) is 31.3 Å². The van der Waals surface area contributed by atoms with Crippen LogP contribution in [-0.4, -0.2) is 48.1 Å². The number of nitrogens with two attached hydrogens (primary N) is 1. The van der Waals surface area contributed by atoms with Crippen molar-refractivity contribution in [3.05, 3.63) is 60.2 Å².